The summed E-state index contributed by atoms with van der Waals surface area (Å²) in [6, 6.07) is 0. The molecule has 0 fully saturated rings. The minimum atomic E-state index is -0.823. The fourth-order valence-electron chi connectivity index (χ4n) is 5.48. The van der Waals surface area contributed by atoms with Crippen molar-refractivity contribution < 1.29 is 28.6 Å². The number of esters is 3. The lowest BCUT2D eigenvalue weighted by atomic mass is 10.1. The van der Waals surface area contributed by atoms with E-state index in [0.717, 1.165) is 89.9 Å². The Morgan fingerprint density at radius 2 is 0.695 bits per heavy atom. The summed E-state index contributed by atoms with van der Waals surface area (Å²) < 4.78 is 16.6. The molecule has 0 aliphatic rings. The molecule has 0 aliphatic carbocycles. The average molecular weight is 813 g/mol. The first-order valence-electron chi connectivity index (χ1n) is 22.8. The molecule has 0 spiro atoms. The summed E-state index contributed by atoms with van der Waals surface area (Å²) in [5, 5.41) is 0. The van der Waals surface area contributed by atoms with Gasteiger partial charge in [-0.05, 0) is 77.0 Å². The summed E-state index contributed by atoms with van der Waals surface area (Å²) >= 11 is 0. The largest absolute Gasteiger partial charge is 0.462 e. The second-order valence-electron chi connectivity index (χ2n) is 14.4. The maximum atomic E-state index is 12.7. The van der Waals surface area contributed by atoms with Crippen LogP contribution in [0.3, 0.4) is 0 Å². The first-order valence-corrected chi connectivity index (χ1v) is 22.8. The number of allylic oxidation sites excluding steroid dienone is 22. The monoisotopic (exact) mass is 813 g/mol. The molecule has 0 aromatic carbocycles. The van der Waals surface area contributed by atoms with E-state index in [1.807, 2.05) is 85.1 Å². The van der Waals surface area contributed by atoms with E-state index in [4.69, 9.17) is 14.2 Å². The van der Waals surface area contributed by atoms with Crippen molar-refractivity contribution in [3.05, 3.63) is 134 Å². The molecular formula is C53H80O6. The Morgan fingerprint density at radius 1 is 0.356 bits per heavy atom. The van der Waals surface area contributed by atoms with Gasteiger partial charge < -0.3 is 14.2 Å². The minimum absolute atomic E-state index is 0.123. The Kier molecular flexibility index (Phi) is 42.8. The van der Waals surface area contributed by atoms with Gasteiger partial charge >= 0.3 is 17.9 Å². The first kappa shape index (κ1) is 54.6. The molecule has 0 aromatic rings. The highest BCUT2D eigenvalue weighted by Gasteiger charge is 2.19. The molecule has 0 rings (SSSR count). The number of ether oxygens (including phenoxy) is 3. The Morgan fingerprint density at radius 3 is 1.17 bits per heavy atom. The SMILES string of the molecule is CC\C=C/C=C\C=C/C=C\C=C\C=C/CCCCCC(=O)OCC(COC(=O)CCC/C=C\CCCCCC)OC(=O)CCCCCCC\C=C/C=C\C=C/C=C\CC. The number of rotatable bonds is 38. The number of carbonyl (C=O) groups is 3. The Bertz CT molecular complexity index is 1350. The maximum Gasteiger partial charge on any atom is 0.306 e. The molecule has 6 nitrogen and oxygen atoms in total. The van der Waals surface area contributed by atoms with Gasteiger partial charge in [0.1, 0.15) is 13.2 Å². The predicted molar refractivity (Wildman–Crippen MR) is 251 cm³/mol. The number of hydrogen-bond acceptors (Lipinski definition) is 6. The Hall–Kier alpha value is -4.45. The molecule has 59 heavy (non-hydrogen) atoms. The lowest BCUT2D eigenvalue weighted by Crippen LogP contribution is -2.30. The number of hydrogen-bond donors (Lipinski definition) is 0. The van der Waals surface area contributed by atoms with Crippen LogP contribution in [0.25, 0.3) is 0 Å². The van der Waals surface area contributed by atoms with Crippen LogP contribution in [-0.2, 0) is 28.6 Å². The molecule has 0 saturated heterocycles. The van der Waals surface area contributed by atoms with Gasteiger partial charge in [-0.1, -0.05) is 199 Å². The van der Waals surface area contributed by atoms with Gasteiger partial charge in [0.05, 0.1) is 0 Å². The van der Waals surface area contributed by atoms with E-state index >= 15 is 0 Å². The van der Waals surface area contributed by atoms with Gasteiger partial charge in [-0.3, -0.25) is 14.4 Å². The van der Waals surface area contributed by atoms with E-state index < -0.39 is 6.10 Å². The highest BCUT2D eigenvalue weighted by molar-refractivity contribution is 5.71. The molecular weight excluding hydrogens is 733 g/mol. The number of unbranched alkanes of at least 4 members (excludes halogenated alkanes) is 13. The lowest BCUT2D eigenvalue weighted by molar-refractivity contribution is -0.167. The van der Waals surface area contributed by atoms with Crippen LogP contribution in [0.15, 0.2) is 134 Å². The Balaban J connectivity index is 4.56. The van der Waals surface area contributed by atoms with Crippen molar-refractivity contribution in [2.75, 3.05) is 13.2 Å². The summed E-state index contributed by atoms with van der Waals surface area (Å²) in [7, 11) is 0. The second-order valence-corrected chi connectivity index (χ2v) is 14.4. The van der Waals surface area contributed by atoms with Crippen LogP contribution in [0.1, 0.15) is 162 Å². The van der Waals surface area contributed by atoms with Crippen LogP contribution in [0.4, 0.5) is 0 Å². The predicted octanol–water partition coefficient (Wildman–Crippen LogP) is 14.7. The minimum Gasteiger partial charge on any atom is -0.462 e. The standard InChI is InChI=1S/C53H80O6/c1-4-7-10-13-16-19-21-23-25-26-28-29-31-34-37-40-43-46-52(55)58-49-50(48-57-51(54)45-42-39-36-33-18-15-12-9-6-3)59-53(56)47-44-41-38-35-32-30-27-24-22-20-17-14-11-8-5-2/h7-8,10-11,13-14,16-17,19-29,31,33,36,50H,4-6,9,12,15,18,30,32,34-35,37-49H2,1-3H3/b10-7-,11-8-,16-13-,17-14-,21-19-,22-20-,25-23-,27-24-,28-26+,31-29-,36-33-. The topological polar surface area (TPSA) is 78.9 Å². The Labute approximate surface area is 360 Å². The van der Waals surface area contributed by atoms with Gasteiger partial charge in [0.25, 0.3) is 0 Å². The summed E-state index contributed by atoms with van der Waals surface area (Å²) in [5.74, 6) is -1.04. The highest BCUT2D eigenvalue weighted by atomic mass is 16.6. The van der Waals surface area contributed by atoms with Crippen LogP contribution in [-0.4, -0.2) is 37.2 Å². The van der Waals surface area contributed by atoms with Crippen molar-refractivity contribution in [1.29, 1.82) is 0 Å². The molecule has 0 saturated carbocycles. The van der Waals surface area contributed by atoms with Crippen molar-refractivity contribution in [2.24, 2.45) is 0 Å². The third kappa shape index (κ3) is 44.5. The molecule has 0 heterocycles. The van der Waals surface area contributed by atoms with E-state index in [2.05, 4.69) is 69.4 Å². The van der Waals surface area contributed by atoms with Crippen LogP contribution in [0.5, 0.6) is 0 Å². The molecule has 0 aromatic heterocycles. The van der Waals surface area contributed by atoms with E-state index in [-0.39, 0.29) is 44.0 Å². The van der Waals surface area contributed by atoms with Gasteiger partial charge in [0, 0.05) is 19.3 Å². The quantitative estimate of drug-likeness (QED) is 0.0203. The van der Waals surface area contributed by atoms with Crippen molar-refractivity contribution in [3.63, 3.8) is 0 Å². The van der Waals surface area contributed by atoms with Crippen LogP contribution in [0.2, 0.25) is 0 Å². The molecule has 0 amide bonds. The van der Waals surface area contributed by atoms with Crippen molar-refractivity contribution >= 4 is 17.9 Å². The summed E-state index contributed by atoms with van der Waals surface area (Å²) in [4.78, 5) is 37.7. The molecule has 1 unspecified atom stereocenters. The van der Waals surface area contributed by atoms with E-state index in [1.165, 1.54) is 25.7 Å². The normalized spacial score (nSPS) is 13.3. The van der Waals surface area contributed by atoms with Crippen molar-refractivity contribution in [3.8, 4) is 0 Å². The third-order valence-electron chi connectivity index (χ3n) is 8.88. The summed E-state index contributed by atoms with van der Waals surface area (Å²) in [6.07, 6.45) is 64.4. The van der Waals surface area contributed by atoms with Gasteiger partial charge in [-0.2, -0.15) is 0 Å². The van der Waals surface area contributed by atoms with Crippen LogP contribution < -0.4 is 0 Å². The van der Waals surface area contributed by atoms with Crippen molar-refractivity contribution in [2.45, 2.75) is 168 Å². The highest BCUT2D eigenvalue weighted by Crippen LogP contribution is 2.11. The molecule has 0 N–H and O–H groups in total. The zero-order valence-corrected chi connectivity index (χ0v) is 37.2. The molecule has 1 atom stereocenters. The molecule has 0 radical (unpaired) electrons. The van der Waals surface area contributed by atoms with Crippen LogP contribution >= 0.6 is 0 Å². The van der Waals surface area contributed by atoms with Gasteiger partial charge in [0.15, 0.2) is 6.10 Å². The van der Waals surface area contributed by atoms with E-state index in [1.54, 1.807) is 0 Å². The van der Waals surface area contributed by atoms with E-state index in [0.29, 0.717) is 12.8 Å². The smallest absolute Gasteiger partial charge is 0.306 e. The molecule has 328 valence electrons. The first-order chi connectivity index (χ1) is 29.0. The summed E-state index contributed by atoms with van der Waals surface area (Å²) in [5.41, 5.74) is 0. The van der Waals surface area contributed by atoms with Gasteiger partial charge in [0.2, 0.25) is 0 Å². The fourth-order valence-corrected chi connectivity index (χ4v) is 5.48. The zero-order valence-electron chi connectivity index (χ0n) is 37.2. The summed E-state index contributed by atoms with van der Waals surface area (Å²) in [6.45, 7) is 6.19. The average Bonchev–Trinajstić information content (AvgIpc) is 3.23. The zero-order chi connectivity index (χ0) is 43.0. The molecule has 0 aliphatic heterocycles. The van der Waals surface area contributed by atoms with Gasteiger partial charge in [-0.25, -0.2) is 0 Å². The molecule has 6 heteroatoms. The lowest BCUT2D eigenvalue weighted by Gasteiger charge is -2.18. The van der Waals surface area contributed by atoms with Gasteiger partial charge in [-0.15, -0.1) is 0 Å². The van der Waals surface area contributed by atoms with Crippen LogP contribution in [0, 0.1) is 0 Å². The molecule has 0 bridgehead atoms. The second kappa shape index (κ2) is 46.2. The van der Waals surface area contributed by atoms with Crippen molar-refractivity contribution in [1.82, 2.24) is 0 Å². The van der Waals surface area contributed by atoms with E-state index in [9.17, 15) is 14.4 Å². The number of carbonyl (C=O) groups excluding carboxylic acids is 3. The maximum absolute atomic E-state index is 12.7. The third-order valence-corrected chi connectivity index (χ3v) is 8.88. The fraction of sp³-hybridized carbons (Fsp3) is 0.528.